The molecule has 5 atom stereocenters. The van der Waals surface area contributed by atoms with Crippen LogP contribution in [-0.4, -0.2) is 39.7 Å². The zero-order chi connectivity index (χ0) is 26.9. The maximum absolute atomic E-state index is 13.3. The van der Waals surface area contributed by atoms with Crippen LogP contribution in [0.15, 0.2) is 30.3 Å². The molecule has 5 unspecified atom stereocenters. The lowest BCUT2D eigenvalue weighted by Gasteiger charge is -2.58. The monoisotopic (exact) mass is 539 g/mol. The standard InChI is InChI=1S/C30H41N3O4S/c1-29-14-13-24(35)30(2,18-34)23(29)16-22-26(21(29)15-25(36)31-17-19-9-5-3-6-10-19)32-28(38-22)33-27(37)20-11-7-4-8-12-20/h3,5-6,9-10,20-21,23-24,34-35H,4,7-8,11-18H2,1-2H3,(H,31,36)(H,32,33,37). The molecule has 2 saturated carbocycles. The number of carbonyl (C=O) groups excluding carboxylic acids is 2. The van der Waals surface area contributed by atoms with Crippen LogP contribution < -0.4 is 10.6 Å². The summed E-state index contributed by atoms with van der Waals surface area (Å²) in [5.41, 5.74) is 0.967. The predicted molar refractivity (Wildman–Crippen MR) is 149 cm³/mol. The third kappa shape index (κ3) is 5.15. The van der Waals surface area contributed by atoms with E-state index < -0.39 is 11.5 Å². The Morgan fingerprint density at radius 2 is 1.84 bits per heavy atom. The molecule has 206 valence electrons. The van der Waals surface area contributed by atoms with Gasteiger partial charge in [-0.3, -0.25) is 9.59 Å². The first-order chi connectivity index (χ1) is 18.2. The molecule has 3 aliphatic rings. The summed E-state index contributed by atoms with van der Waals surface area (Å²) in [5, 5.41) is 28.2. The molecule has 5 rings (SSSR count). The molecule has 2 amide bonds. The lowest BCUT2D eigenvalue weighted by atomic mass is 9.47. The molecule has 8 heteroatoms. The van der Waals surface area contributed by atoms with Gasteiger partial charge in [-0.25, -0.2) is 4.98 Å². The van der Waals surface area contributed by atoms with Crippen LogP contribution in [-0.2, 0) is 22.6 Å². The third-order valence-corrected chi connectivity index (χ3v) is 10.8. The number of nitrogens with one attached hydrogen (secondary N) is 2. The summed E-state index contributed by atoms with van der Waals surface area (Å²) < 4.78 is 0. The van der Waals surface area contributed by atoms with E-state index in [1.54, 1.807) is 0 Å². The molecule has 1 aromatic carbocycles. The zero-order valence-electron chi connectivity index (χ0n) is 22.5. The van der Waals surface area contributed by atoms with Gasteiger partial charge in [0.25, 0.3) is 0 Å². The summed E-state index contributed by atoms with van der Waals surface area (Å²) in [4.78, 5) is 32.3. The van der Waals surface area contributed by atoms with Gasteiger partial charge in [0.1, 0.15) is 0 Å². The summed E-state index contributed by atoms with van der Waals surface area (Å²) in [6.07, 6.45) is 6.93. The SMILES string of the molecule is CC1(CO)C(O)CCC2(C)C(CC(=O)NCc3ccccc3)c3nc(NC(=O)C4CCCCC4)sc3CC12. The fourth-order valence-corrected chi connectivity index (χ4v) is 8.40. The van der Waals surface area contributed by atoms with Crippen LogP contribution in [0.2, 0.25) is 0 Å². The molecule has 1 heterocycles. The van der Waals surface area contributed by atoms with Gasteiger partial charge in [0, 0.05) is 35.1 Å². The number of anilines is 1. The fraction of sp³-hybridized carbons (Fsp3) is 0.633. The van der Waals surface area contributed by atoms with Gasteiger partial charge < -0.3 is 20.8 Å². The van der Waals surface area contributed by atoms with E-state index in [4.69, 9.17) is 4.98 Å². The van der Waals surface area contributed by atoms with Crippen molar-refractivity contribution in [2.24, 2.45) is 22.7 Å². The molecule has 0 radical (unpaired) electrons. The van der Waals surface area contributed by atoms with E-state index in [2.05, 4.69) is 17.6 Å². The van der Waals surface area contributed by atoms with E-state index in [-0.39, 0.29) is 48.0 Å². The van der Waals surface area contributed by atoms with E-state index in [1.807, 2.05) is 37.3 Å². The number of carbonyl (C=O) groups is 2. The minimum Gasteiger partial charge on any atom is -0.396 e. The Morgan fingerprint density at radius 1 is 1.11 bits per heavy atom. The second-order valence-corrected chi connectivity index (χ2v) is 13.2. The van der Waals surface area contributed by atoms with Crippen molar-refractivity contribution in [3.05, 3.63) is 46.5 Å². The Labute approximate surface area is 229 Å². The number of aliphatic hydroxyl groups excluding tert-OH is 2. The summed E-state index contributed by atoms with van der Waals surface area (Å²) in [6, 6.07) is 9.86. The number of benzene rings is 1. The van der Waals surface area contributed by atoms with Crippen molar-refractivity contribution in [3.63, 3.8) is 0 Å². The van der Waals surface area contributed by atoms with Crippen LogP contribution in [0.4, 0.5) is 5.13 Å². The number of hydrogen-bond acceptors (Lipinski definition) is 6. The van der Waals surface area contributed by atoms with Crippen LogP contribution >= 0.6 is 11.3 Å². The number of hydrogen-bond donors (Lipinski definition) is 4. The quantitative estimate of drug-likeness (QED) is 0.405. The molecule has 7 nitrogen and oxygen atoms in total. The molecule has 3 aliphatic carbocycles. The molecule has 0 spiro atoms. The number of thiazole rings is 1. The number of nitrogens with zero attached hydrogens (tertiary/aromatic N) is 1. The van der Waals surface area contributed by atoms with Crippen LogP contribution in [0.3, 0.4) is 0 Å². The minimum absolute atomic E-state index is 0.00878. The Kier molecular flexibility index (Phi) is 7.94. The first kappa shape index (κ1) is 27.3. The first-order valence-electron chi connectivity index (χ1n) is 14.1. The molecule has 1 aromatic heterocycles. The lowest BCUT2D eigenvalue weighted by Crippen LogP contribution is -2.57. The highest BCUT2D eigenvalue weighted by Crippen LogP contribution is 2.62. The Balaban J connectivity index is 1.42. The van der Waals surface area contributed by atoms with E-state index in [1.165, 1.54) is 17.8 Å². The van der Waals surface area contributed by atoms with Gasteiger partial charge in [-0.15, -0.1) is 11.3 Å². The summed E-state index contributed by atoms with van der Waals surface area (Å²) in [5.74, 6) is -0.124. The molecular weight excluding hydrogens is 498 g/mol. The van der Waals surface area contributed by atoms with Crippen molar-refractivity contribution in [1.29, 1.82) is 0 Å². The van der Waals surface area contributed by atoms with E-state index in [9.17, 15) is 19.8 Å². The van der Waals surface area contributed by atoms with Gasteiger partial charge in [0.15, 0.2) is 5.13 Å². The maximum atomic E-state index is 13.3. The smallest absolute Gasteiger partial charge is 0.229 e. The predicted octanol–water partition coefficient (Wildman–Crippen LogP) is 4.78. The molecule has 0 saturated heterocycles. The topological polar surface area (TPSA) is 112 Å². The number of aliphatic hydroxyl groups is 2. The summed E-state index contributed by atoms with van der Waals surface area (Å²) in [6.45, 7) is 4.53. The third-order valence-electron chi connectivity index (χ3n) is 9.82. The molecule has 4 N–H and O–H groups in total. The van der Waals surface area contributed by atoms with Gasteiger partial charge in [0.05, 0.1) is 18.4 Å². The number of fused-ring (bicyclic) bond motifs is 2. The molecule has 2 fully saturated rings. The van der Waals surface area contributed by atoms with Gasteiger partial charge >= 0.3 is 0 Å². The first-order valence-corrected chi connectivity index (χ1v) is 15.0. The Bertz CT molecular complexity index is 1150. The van der Waals surface area contributed by atoms with Gasteiger partial charge in [-0.1, -0.05) is 63.4 Å². The molecule has 2 aromatic rings. The van der Waals surface area contributed by atoms with Gasteiger partial charge in [-0.2, -0.15) is 0 Å². The van der Waals surface area contributed by atoms with Crippen molar-refractivity contribution in [3.8, 4) is 0 Å². The van der Waals surface area contributed by atoms with Crippen molar-refractivity contribution >= 4 is 28.3 Å². The van der Waals surface area contributed by atoms with Crippen LogP contribution in [0.25, 0.3) is 0 Å². The maximum Gasteiger partial charge on any atom is 0.229 e. The second kappa shape index (κ2) is 11.1. The van der Waals surface area contributed by atoms with Crippen LogP contribution in [0.1, 0.15) is 87.3 Å². The Morgan fingerprint density at radius 3 is 2.55 bits per heavy atom. The second-order valence-electron chi connectivity index (χ2n) is 12.2. The van der Waals surface area contributed by atoms with Crippen LogP contribution in [0, 0.1) is 22.7 Å². The average Bonchev–Trinajstić information content (AvgIpc) is 3.34. The lowest BCUT2D eigenvalue weighted by molar-refractivity contribution is -0.144. The highest BCUT2D eigenvalue weighted by atomic mass is 32.1. The summed E-state index contributed by atoms with van der Waals surface area (Å²) >= 11 is 1.50. The largest absolute Gasteiger partial charge is 0.396 e. The number of aromatic nitrogens is 1. The van der Waals surface area contributed by atoms with Crippen LogP contribution in [0.5, 0.6) is 0 Å². The molecule has 38 heavy (non-hydrogen) atoms. The zero-order valence-corrected chi connectivity index (χ0v) is 23.4. The van der Waals surface area contributed by atoms with E-state index in [0.717, 1.165) is 48.2 Å². The van der Waals surface area contributed by atoms with Crippen molar-refractivity contribution in [2.45, 2.75) is 90.2 Å². The number of amides is 2. The fourth-order valence-electron chi connectivity index (χ4n) is 7.33. The number of rotatable bonds is 7. The highest BCUT2D eigenvalue weighted by molar-refractivity contribution is 7.15. The Hall–Kier alpha value is -2.29. The highest BCUT2D eigenvalue weighted by Gasteiger charge is 2.59. The molecule has 0 bridgehead atoms. The van der Waals surface area contributed by atoms with E-state index >= 15 is 0 Å². The van der Waals surface area contributed by atoms with Crippen molar-refractivity contribution in [2.75, 3.05) is 11.9 Å². The minimum atomic E-state index is -0.668. The van der Waals surface area contributed by atoms with Crippen molar-refractivity contribution < 1.29 is 19.8 Å². The molecule has 0 aliphatic heterocycles. The van der Waals surface area contributed by atoms with Gasteiger partial charge in [-0.05, 0) is 49.0 Å². The normalized spacial score (nSPS) is 31.2. The van der Waals surface area contributed by atoms with E-state index in [0.29, 0.717) is 24.5 Å². The van der Waals surface area contributed by atoms with Crippen molar-refractivity contribution in [1.82, 2.24) is 10.3 Å². The van der Waals surface area contributed by atoms with Gasteiger partial charge in [0.2, 0.25) is 11.8 Å². The average molecular weight is 540 g/mol. The summed E-state index contributed by atoms with van der Waals surface area (Å²) in [7, 11) is 0. The molecular formula is C30H41N3O4S.